The number of carbonyl (C=O) groups is 1. The Labute approximate surface area is 176 Å². The van der Waals surface area contributed by atoms with Gasteiger partial charge in [-0.2, -0.15) is 4.98 Å². The largest absolute Gasteiger partial charge is 0.334 e. The van der Waals surface area contributed by atoms with Gasteiger partial charge in [0.15, 0.2) is 0 Å². The van der Waals surface area contributed by atoms with Crippen LogP contribution in [0.3, 0.4) is 0 Å². The Balaban J connectivity index is 1.49. The second-order valence-electron chi connectivity index (χ2n) is 6.77. The van der Waals surface area contributed by atoms with Gasteiger partial charge in [-0.3, -0.25) is 4.79 Å². The predicted molar refractivity (Wildman–Crippen MR) is 110 cm³/mol. The number of rotatable bonds is 5. The highest BCUT2D eigenvalue weighted by molar-refractivity contribution is 6.31. The number of amides is 1. The summed E-state index contributed by atoms with van der Waals surface area (Å²) in [6, 6.07) is 11.7. The summed E-state index contributed by atoms with van der Waals surface area (Å²) in [5.74, 6) is 0.485. The molecule has 2 aromatic carbocycles. The molecule has 0 unspecified atom stereocenters. The lowest BCUT2D eigenvalue weighted by atomic mass is 10.1. The smallest absolute Gasteiger partial charge is 0.258 e. The van der Waals surface area contributed by atoms with Crippen LogP contribution in [0.2, 0.25) is 5.02 Å². The molecule has 30 heavy (non-hydrogen) atoms. The molecule has 0 bridgehead atoms. The van der Waals surface area contributed by atoms with E-state index < -0.39 is 5.82 Å². The van der Waals surface area contributed by atoms with Gasteiger partial charge in [0.25, 0.3) is 5.89 Å². The second-order valence-corrected chi connectivity index (χ2v) is 7.18. The second kappa shape index (κ2) is 8.08. The van der Waals surface area contributed by atoms with Crippen molar-refractivity contribution < 1.29 is 13.7 Å². The van der Waals surface area contributed by atoms with Gasteiger partial charge in [0.2, 0.25) is 11.7 Å². The summed E-state index contributed by atoms with van der Waals surface area (Å²) in [5.41, 5.74) is 2.81. The van der Waals surface area contributed by atoms with Gasteiger partial charge in [-0.15, -0.1) is 0 Å². The first-order valence-electron chi connectivity index (χ1n) is 9.09. The molecule has 7 nitrogen and oxygen atoms in total. The number of hydrogen-bond donors (Lipinski definition) is 1. The molecule has 2 aromatic heterocycles. The number of hydrogen-bond acceptors (Lipinski definition) is 5. The predicted octanol–water partition coefficient (Wildman–Crippen LogP) is 4.65. The van der Waals surface area contributed by atoms with Crippen molar-refractivity contribution in [3.05, 3.63) is 70.9 Å². The number of halogens is 2. The first-order valence-corrected chi connectivity index (χ1v) is 9.46. The molecule has 152 valence electrons. The van der Waals surface area contributed by atoms with Crippen LogP contribution in [0.25, 0.3) is 23.0 Å². The molecule has 0 fully saturated rings. The Morgan fingerprint density at radius 3 is 2.80 bits per heavy atom. The first kappa shape index (κ1) is 19.8. The topological polar surface area (TPSA) is 85.8 Å². The maximum Gasteiger partial charge on any atom is 0.258 e. The van der Waals surface area contributed by atoms with Crippen molar-refractivity contribution in [1.82, 2.24) is 19.7 Å². The van der Waals surface area contributed by atoms with Gasteiger partial charge in [0.1, 0.15) is 23.9 Å². The average molecular weight is 426 g/mol. The lowest BCUT2D eigenvalue weighted by molar-refractivity contribution is -0.116. The fourth-order valence-corrected chi connectivity index (χ4v) is 3.11. The van der Waals surface area contributed by atoms with Crippen LogP contribution in [-0.4, -0.2) is 25.6 Å². The van der Waals surface area contributed by atoms with Crippen LogP contribution >= 0.6 is 11.6 Å². The van der Waals surface area contributed by atoms with E-state index in [9.17, 15) is 9.18 Å². The molecule has 4 aromatic rings. The van der Waals surface area contributed by atoms with Crippen molar-refractivity contribution in [2.45, 2.75) is 20.4 Å². The summed E-state index contributed by atoms with van der Waals surface area (Å²) in [4.78, 5) is 21.2. The summed E-state index contributed by atoms with van der Waals surface area (Å²) in [5, 5.41) is 6.62. The third-order valence-corrected chi connectivity index (χ3v) is 4.70. The zero-order valence-electron chi connectivity index (χ0n) is 16.2. The SMILES string of the molecule is Cc1cccc(-c2nc(-c3cn(CC(=O)Nc4ccc(F)c(Cl)c4)c(C)n3)no2)c1. The highest BCUT2D eigenvalue weighted by atomic mass is 35.5. The molecule has 0 atom stereocenters. The fraction of sp³-hybridized carbons (Fsp3) is 0.143. The molecule has 1 amide bonds. The molecule has 0 aliphatic heterocycles. The van der Waals surface area contributed by atoms with Crippen LogP contribution in [0.5, 0.6) is 0 Å². The first-order chi connectivity index (χ1) is 14.4. The van der Waals surface area contributed by atoms with Gasteiger partial charge in [-0.1, -0.05) is 34.5 Å². The molecule has 4 rings (SSSR count). The number of nitrogens with one attached hydrogen (secondary N) is 1. The molecule has 0 aliphatic rings. The summed E-state index contributed by atoms with van der Waals surface area (Å²) in [7, 11) is 0. The highest BCUT2D eigenvalue weighted by Crippen LogP contribution is 2.23. The number of aryl methyl sites for hydroxylation is 2. The Kier molecular flexibility index (Phi) is 5.33. The molecule has 2 heterocycles. The van der Waals surface area contributed by atoms with E-state index in [0.29, 0.717) is 28.9 Å². The number of imidazole rings is 1. The molecular formula is C21H17ClFN5O2. The summed E-state index contributed by atoms with van der Waals surface area (Å²) >= 11 is 5.74. The number of aromatic nitrogens is 4. The van der Waals surface area contributed by atoms with E-state index >= 15 is 0 Å². The monoisotopic (exact) mass is 425 g/mol. The van der Waals surface area contributed by atoms with Crippen molar-refractivity contribution in [2.75, 3.05) is 5.32 Å². The summed E-state index contributed by atoms with van der Waals surface area (Å²) in [6.07, 6.45) is 1.68. The van der Waals surface area contributed by atoms with Gasteiger partial charge >= 0.3 is 0 Å². The number of carbonyl (C=O) groups excluding carboxylic acids is 1. The van der Waals surface area contributed by atoms with E-state index in [1.807, 2.05) is 31.2 Å². The van der Waals surface area contributed by atoms with E-state index in [1.54, 1.807) is 17.7 Å². The van der Waals surface area contributed by atoms with Gasteiger partial charge < -0.3 is 14.4 Å². The average Bonchev–Trinajstić information content (AvgIpc) is 3.32. The maximum atomic E-state index is 13.3. The molecule has 0 saturated carbocycles. The third-order valence-electron chi connectivity index (χ3n) is 4.41. The van der Waals surface area contributed by atoms with Gasteiger partial charge in [-0.05, 0) is 44.2 Å². The Bertz CT molecular complexity index is 1230. The van der Waals surface area contributed by atoms with E-state index in [4.69, 9.17) is 16.1 Å². The minimum atomic E-state index is -0.546. The van der Waals surface area contributed by atoms with E-state index in [2.05, 4.69) is 20.4 Å². The summed E-state index contributed by atoms with van der Waals surface area (Å²) in [6.45, 7) is 3.76. The van der Waals surface area contributed by atoms with Crippen LogP contribution in [0.1, 0.15) is 11.4 Å². The minimum Gasteiger partial charge on any atom is -0.334 e. The molecule has 0 radical (unpaired) electrons. The van der Waals surface area contributed by atoms with Crippen LogP contribution < -0.4 is 5.32 Å². The molecule has 0 saturated heterocycles. The van der Waals surface area contributed by atoms with Crippen molar-refractivity contribution in [2.24, 2.45) is 0 Å². The molecular weight excluding hydrogens is 409 g/mol. The van der Waals surface area contributed by atoms with E-state index in [0.717, 1.165) is 11.1 Å². The van der Waals surface area contributed by atoms with Crippen molar-refractivity contribution in [1.29, 1.82) is 0 Å². The lowest BCUT2D eigenvalue weighted by Crippen LogP contribution is -2.19. The molecule has 1 N–H and O–H groups in total. The molecule has 9 heteroatoms. The van der Waals surface area contributed by atoms with Gasteiger partial charge in [-0.25, -0.2) is 9.37 Å². The Hall–Kier alpha value is -3.52. The number of anilines is 1. The van der Waals surface area contributed by atoms with Crippen molar-refractivity contribution in [3.63, 3.8) is 0 Å². The number of benzene rings is 2. The van der Waals surface area contributed by atoms with Crippen molar-refractivity contribution >= 4 is 23.2 Å². The highest BCUT2D eigenvalue weighted by Gasteiger charge is 2.16. The Morgan fingerprint density at radius 1 is 1.20 bits per heavy atom. The van der Waals surface area contributed by atoms with Gasteiger partial charge in [0.05, 0.1) is 5.02 Å². The maximum absolute atomic E-state index is 13.3. The molecule has 0 aliphatic carbocycles. The van der Waals surface area contributed by atoms with E-state index in [-0.39, 0.29) is 17.5 Å². The van der Waals surface area contributed by atoms with Gasteiger partial charge in [0, 0.05) is 17.4 Å². The van der Waals surface area contributed by atoms with Crippen LogP contribution in [0.15, 0.2) is 53.2 Å². The quantitative estimate of drug-likeness (QED) is 0.503. The van der Waals surface area contributed by atoms with Crippen molar-refractivity contribution in [3.8, 4) is 23.0 Å². The van der Waals surface area contributed by atoms with Crippen LogP contribution in [0, 0.1) is 19.7 Å². The molecule has 0 spiro atoms. The lowest BCUT2D eigenvalue weighted by Gasteiger charge is -2.07. The minimum absolute atomic E-state index is 0.0103. The normalized spacial score (nSPS) is 10.9. The van der Waals surface area contributed by atoms with Crippen LogP contribution in [0.4, 0.5) is 10.1 Å². The third kappa shape index (κ3) is 4.23. The Morgan fingerprint density at radius 2 is 2.03 bits per heavy atom. The fourth-order valence-electron chi connectivity index (χ4n) is 2.93. The zero-order chi connectivity index (χ0) is 21.3. The standard InChI is InChI=1S/C21H17ClFN5O2/c1-12-4-3-5-14(8-12)21-26-20(27-30-21)18-10-28(13(2)24-18)11-19(29)25-15-6-7-17(23)16(22)9-15/h3-10H,11H2,1-2H3,(H,25,29). The zero-order valence-corrected chi connectivity index (χ0v) is 16.9. The van der Waals surface area contributed by atoms with E-state index in [1.165, 1.54) is 18.2 Å². The van der Waals surface area contributed by atoms with Crippen LogP contribution in [-0.2, 0) is 11.3 Å². The number of nitrogens with zero attached hydrogens (tertiary/aromatic N) is 4. The summed E-state index contributed by atoms with van der Waals surface area (Å²) < 4.78 is 20.3.